The Morgan fingerprint density at radius 2 is 1.75 bits per heavy atom. The van der Waals surface area contributed by atoms with E-state index in [1.807, 2.05) is 0 Å². The van der Waals surface area contributed by atoms with Crippen LogP contribution < -0.4 is 15.5 Å². The molecule has 4 rings (SSSR count). The first-order chi connectivity index (χ1) is 17.2. The number of halogens is 2. The first-order valence-corrected chi connectivity index (χ1v) is 12.8. The first kappa shape index (κ1) is 25.6. The summed E-state index contributed by atoms with van der Waals surface area (Å²) in [4.78, 5) is 26.2. The molecule has 8 nitrogen and oxygen atoms in total. The Balaban J connectivity index is 1.39. The molecule has 0 radical (unpaired) electrons. The summed E-state index contributed by atoms with van der Waals surface area (Å²) in [6, 6.07) is 11.4. The number of pyridine rings is 1. The molecule has 2 amide bonds. The van der Waals surface area contributed by atoms with E-state index in [9.17, 15) is 19.9 Å². The summed E-state index contributed by atoms with van der Waals surface area (Å²) in [7, 11) is 0. The van der Waals surface area contributed by atoms with Crippen LogP contribution >= 0.6 is 45.9 Å². The van der Waals surface area contributed by atoms with Crippen molar-refractivity contribution in [2.45, 2.75) is 13.5 Å². The molecule has 0 atom stereocenters. The van der Waals surface area contributed by atoms with Crippen LogP contribution in [0.1, 0.15) is 37.4 Å². The number of benzene rings is 1. The summed E-state index contributed by atoms with van der Waals surface area (Å²) in [5, 5.41) is 31.1. The average molecular weight is 561 g/mol. The third-order valence-electron chi connectivity index (χ3n) is 5.04. The highest BCUT2D eigenvalue weighted by Crippen LogP contribution is 2.40. The Bertz CT molecular complexity index is 1470. The molecule has 0 saturated heterocycles. The van der Waals surface area contributed by atoms with Crippen LogP contribution in [0.4, 0.5) is 0 Å². The summed E-state index contributed by atoms with van der Waals surface area (Å²) in [5.74, 6) is -0.802. The highest BCUT2D eigenvalue weighted by molar-refractivity contribution is 7.16. The number of hydrazone groups is 1. The van der Waals surface area contributed by atoms with Gasteiger partial charge in [0.05, 0.1) is 36.0 Å². The number of nitrogens with one attached hydrogen (secondary N) is 2. The predicted molar refractivity (Wildman–Crippen MR) is 142 cm³/mol. The lowest BCUT2D eigenvalue weighted by Crippen LogP contribution is -2.26. The fraction of sp³-hybridized carbons (Fsp3) is 0.0833. The van der Waals surface area contributed by atoms with Gasteiger partial charge < -0.3 is 15.6 Å². The van der Waals surface area contributed by atoms with Crippen LogP contribution in [0.25, 0.3) is 10.4 Å². The highest BCUT2D eigenvalue weighted by atomic mass is 35.5. The van der Waals surface area contributed by atoms with Crippen LogP contribution in [-0.4, -0.2) is 22.6 Å². The molecule has 12 heteroatoms. The van der Waals surface area contributed by atoms with Crippen molar-refractivity contribution in [2.24, 2.45) is 5.10 Å². The van der Waals surface area contributed by atoms with Crippen LogP contribution in [0, 0.1) is 5.21 Å². The van der Waals surface area contributed by atoms with Gasteiger partial charge in [-0.3, -0.25) is 9.59 Å². The Hall–Kier alpha value is -3.44. The lowest BCUT2D eigenvalue weighted by molar-refractivity contribution is -0.605. The van der Waals surface area contributed by atoms with E-state index in [2.05, 4.69) is 15.8 Å². The summed E-state index contributed by atoms with van der Waals surface area (Å²) in [6.07, 6.45) is 2.70. The van der Waals surface area contributed by atoms with E-state index in [-0.39, 0.29) is 18.2 Å². The van der Waals surface area contributed by atoms with Crippen molar-refractivity contribution in [1.29, 1.82) is 0 Å². The summed E-state index contributed by atoms with van der Waals surface area (Å²) >= 11 is 14.4. The van der Waals surface area contributed by atoms with Crippen molar-refractivity contribution in [1.82, 2.24) is 10.7 Å². The SMILES string of the molecule is C/C(=N\NC(=O)c1ccc(C(=O)NCc2cc[n+]([O-])cc2)s1)c1csc(-c2ccc(Cl)c(Cl)c2)c1O. The Labute approximate surface area is 224 Å². The van der Waals surface area contributed by atoms with Gasteiger partial charge in [0.2, 0.25) is 0 Å². The van der Waals surface area contributed by atoms with E-state index in [1.165, 1.54) is 29.8 Å². The average Bonchev–Trinajstić information content (AvgIpc) is 3.51. The molecule has 0 aliphatic carbocycles. The molecule has 3 heterocycles. The van der Waals surface area contributed by atoms with E-state index in [0.29, 0.717) is 46.2 Å². The molecule has 0 aliphatic rings. The maximum Gasteiger partial charge on any atom is 0.281 e. The third-order valence-corrected chi connectivity index (χ3v) is 7.88. The number of aromatic hydroxyl groups is 1. The van der Waals surface area contributed by atoms with Crippen LogP contribution in [0.15, 0.2) is 65.3 Å². The molecule has 0 aliphatic heterocycles. The number of hydrogen-bond donors (Lipinski definition) is 3. The maximum absolute atomic E-state index is 12.6. The minimum atomic E-state index is -0.485. The van der Waals surface area contributed by atoms with Crippen LogP contribution in [0.2, 0.25) is 10.0 Å². The highest BCUT2D eigenvalue weighted by Gasteiger charge is 2.17. The van der Waals surface area contributed by atoms with Gasteiger partial charge in [0, 0.05) is 24.1 Å². The minimum absolute atomic E-state index is 0.0208. The number of nitrogens with zero attached hydrogens (tertiary/aromatic N) is 2. The van der Waals surface area contributed by atoms with Crippen molar-refractivity contribution in [3.8, 4) is 16.2 Å². The van der Waals surface area contributed by atoms with Gasteiger partial charge >= 0.3 is 0 Å². The molecule has 1 aromatic carbocycles. The monoisotopic (exact) mass is 560 g/mol. The molecule has 36 heavy (non-hydrogen) atoms. The van der Waals surface area contributed by atoms with E-state index in [1.54, 1.807) is 48.7 Å². The molecule has 4 aromatic rings. The second-order valence-electron chi connectivity index (χ2n) is 7.51. The van der Waals surface area contributed by atoms with Gasteiger partial charge in [-0.25, -0.2) is 5.43 Å². The molecular formula is C24H18Cl2N4O4S2. The zero-order valence-corrected chi connectivity index (χ0v) is 21.8. The second kappa shape index (κ2) is 11.1. The van der Waals surface area contributed by atoms with E-state index in [0.717, 1.165) is 16.9 Å². The van der Waals surface area contributed by atoms with Gasteiger partial charge in [0.1, 0.15) is 5.75 Å². The largest absolute Gasteiger partial charge is 0.619 e. The fourth-order valence-electron chi connectivity index (χ4n) is 3.11. The fourth-order valence-corrected chi connectivity index (χ4v) is 5.23. The predicted octanol–water partition coefficient (Wildman–Crippen LogP) is 5.21. The number of hydrogen-bond acceptors (Lipinski definition) is 7. The molecule has 0 unspecified atom stereocenters. The van der Waals surface area contributed by atoms with Crippen molar-refractivity contribution in [3.63, 3.8) is 0 Å². The van der Waals surface area contributed by atoms with Crippen molar-refractivity contribution in [3.05, 3.63) is 96.4 Å². The first-order valence-electron chi connectivity index (χ1n) is 10.4. The molecule has 3 N–H and O–H groups in total. The van der Waals surface area contributed by atoms with Crippen LogP contribution in [-0.2, 0) is 6.54 Å². The number of carbonyl (C=O) groups excluding carboxylic acids is 2. The molecule has 184 valence electrons. The van der Waals surface area contributed by atoms with Gasteiger partial charge in [0.25, 0.3) is 11.8 Å². The molecule has 3 aromatic heterocycles. The summed E-state index contributed by atoms with van der Waals surface area (Å²) in [6.45, 7) is 1.91. The van der Waals surface area contributed by atoms with Crippen molar-refractivity contribution < 1.29 is 19.4 Å². The third kappa shape index (κ3) is 5.85. The molecule has 0 saturated carbocycles. The normalized spacial score (nSPS) is 11.4. The van der Waals surface area contributed by atoms with Gasteiger partial charge in [-0.15, -0.1) is 22.7 Å². The standard InChI is InChI=1S/C24H18Cl2N4O4S2/c1-13(16-12-35-22(21(16)31)15-2-3-17(25)18(26)10-15)28-29-24(33)20-5-4-19(36-20)23(32)27-11-14-6-8-30(34)9-7-14/h2-10,12,31H,11H2,1H3,(H,27,32)(H,29,33)/b28-13+. The Morgan fingerprint density at radius 1 is 1.06 bits per heavy atom. The Morgan fingerprint density at radius 3 is 2.44 bits per heavy atom. The zero-order valence-electron chi connectivity index (χ0n) is 18.6. The van der Waals surface area contributed by atoms with Gasteiger partial charge in [-0.05, 0) is 42.3 Å². The number of amides is 2. The molecular weight excluding hydrogens is 543 g/mol. The number of aromatic nitrogens is 1. The topological polar surface area (TPSA) is 118 Å². The summed E-state index contributed by atoms with van der Waals surface area (Å²) in [5.41, 5.74) is 4.81. The Kier molecular flexibility index (Phi) is 7.90. The van der Waals surface area contributed by atoms with Crippen molar-refractivity contribution >= 4 is 63.4 Å². The van der Waals surface area contributed by atoms with Crippen LogP contribution in [0.5, 0.6) is 5.75 Å². The number of carbonyl (C=O) groups is 2. The van der Waals surface area contributed by atoms with Crippen LogP contribution in [0.3, 0.4) is 0 Å². The smallest absolute Gasteiger partial charge is 0.281 e. The minimum Gasteiger partial charge on any atom is -0.619 e. The molecule has 0 fully saturated rings. The lowest BCUT2D eigenvalue weighted by Gasteiger charge is -2.04. The lowest BCUT2D eigenvalue weighted by atomic mass is 10.1. The van der Waals surface area contributed by atoms with Gasteiger partial charge in [-0.2, -0.15) is 9.83 Å². The second-order valence-corrected chi connectivity index (χ2v) is 10.3. The van der Waals surface area contributed by atoms with E-state index >= 15 is 0 Å². The number of rotatable bonds is 7. The van der Waals surface area contributed by atoms with Crippen molar-refractivity contribution in [2.75, 3.05) is 0 Å². The molecule has 0 spiro atoms. The zero-order chi connectivity index (χ0) is 25.8. The van der Waals surface area contributed by atoms with E-state index < -0.39 is 5.91 Å². The van der Waals surface area contributed by atoms with E-state index in [4.69, 9.17) is 23.2 Å². The quantitative estimate of drug-likeness (QED) is 0.124. The maximum atomic E-state index is 12.6. The molecule has 0 bridgehead atoms. The van der Waals surface area contributed by atoms with Gasteiger partial charge in [0.15, 0.2) is 12.4 Å². The number of thiophene rings is 2. The van der Waals surface area contributed by atoms with Gasteiger partial charge in [-0.1, -0.05) is 29.3 Å². The summed E-state index contributed by atoms with van der Waals surface area (Å²) < 4.78 is 0.661.